The van der Waals surface area contributed by atoms with Crippen molar-refractivity contribution >= 4 is 23.3 Å². The Kier molecular flexibility index (Phi) is 5.21. The summed E-state index contributed by atoms with van der Waals surface area (Å²) in [6.45, 7) is 0.0859. The van der Waals surface area contributed by atoms with Crippen molar-refractivity contribution in [2.45, 2.75) is 6.18 Å². The molecule has 1 aliphatic rings. The van der Waals surface area contributed by atoms with E-state index >= 15 is 0 Å². The molecule has 0 bridgehead atoms. The molecule has 3 rings (SSSR count). The van der Waals surface area contributed by atoms with E-state index in [4.69, 9.17) is 0 Å². The number of carbonyl (C=O) groups excluding carboxylic acids is 2. The number of nitrogens with one attached hydrogen (secondary N) is 1. The molecule has 0 saturated carbocycles. The summed E-state index contributed by atoms with van der Waals surface area (Å²) >= 11 is 0. The second-order valence-electron chi connectivity index (χ2n) is 6.07. The number of amides is 3. The zero-order valence-electron chi connectivity index (χ0n) is 14.3. The van der Waals surface area contributed by atoms with Crippen LogP contribution in [0.5, 0.6) is 0 Å². The maximum Gasteiger partial charge on any atom is 0.419 e. The lowest BCUT2D eigenvalue weighted by Gasteiger charge is -2.18. The SMILES string of the molecule is O=C(CN1CCN(c2ccc(F)cc2)C1=O)Nc1ccc(F)c(C(F)(F)F)c1. The first-order valence-corrected chi connectivity index (χ1v) is 8.14. The molecule has 0 radical (unpaired) electrons. The summed E-state index contributed by atoms with van der Waals surface area (Å²) in [5.74, 6) is -2.63. The van der Waals surface area contributed by atoms with Gasteiger partial charge in [-0.05, 0) is 42.5 Å². The molecule has 1 fully saturated rings. The largest absolute Gasteiger partial charge is 0.419 e. The molecule has 2 aromatic rings. The van der Waals surface area contributed by atoms with E-state index < -0.39 is 41.9 Å². The molecule has 1 N–H and O–H groups in total. The highest BCUT2D eigenvalue weighted by Gasteiger charge is 2.35. The summed E-state index contributed by atoms with van der Waals surface area (Å²) in [6, 6.07) is 6.85. The molecule has 0 aliphatic carbocycles. The summed E-state index contributed by atoms with van der Waals surface area (Å²) < 4.78 is 64.5. The van der Waals surface area contributed by atoms with E-state index in [0.717, 1.165) is 6.07 Å². The van der Waals surface area contributed by atoms with Gasteiger partial charge in [0.2, 0.25) is 5.91 Å². The summed E-state index contributed by atoms with van der Waals surface area (Å²) in [6.07, 6.45) is -4.90. The summed E-state index contributed by atoms with van der Waals surface area (Å²) in [5, 5.41) is 2.22. The fourth-order valence-electron chi connectivity index (χ4n) is 2.78. The molecule has 0 aromatic heterocycles. The van der Waals surface area contributed by atoms with E-state index in [1.807, 2.05) is 0 Å². The van der Waals surface area contributed by atoms with Gasteiger partial charge < -0.3 is 10.2 Å². The lowest BCUT2D eigenvalue weighted by Crippen LogP contribution is -2.37. The van der Waals surface area contributed by atoms with Crippen LogP contribution in [0.25, 0.3) is 0 Å². The minimum atomic E-state index is -4.90. The standard InChI is InChI=1S/C18H14F5N3O2/c19-11-1-4-13(5-2-11)26-8-7-25(17(26)28)10-16(27)24-12-3-6-15(20)14(9-12)18(21,22)23/h1-6,9H,7-8,10H2,(H,24,27). The van der Waals surface area contributed by atoms with Crippen molar-refractivity contribution in [2.75, 3.05) is 29.9 Å². The zero-order chi connectivity index (χ0) is 20.5. The minimum Gasteiger partial charge on any atom is -0.325 e. The van der Waals surface area contributed by atoms with Crippen LogP contribution in [0.2, 0.25) is 0 Å². The maximum atomic E-state index is 13.3. The van der Waals surface area contributed by atoms with Crippen LogP contribution in [-0.4, -0.2) is 36.5 Å². The van der Waals surface area contributed by atoms with Gasteiger partial charge in [-0.1, -0.05) is 0 Å². The molecule has 0 spiro atoms. The molecule has 5 nitrogen and oxygen atoms in total. The van der Waals surface area contributed by atoms with Crippen molar-refractivity contribution in [3.8, 4) is 0 Å². The van der Waals surface area contributed by atoms with Gasteiger partial charge in [-0.3, -0.25) is 9.69 Å². The maximum absolute atomic E-state index is 13.3. The van der Waals surface area contributed by atoms with Gasteiger partial charge in [0.05, 0.1) is 5.56 Å². The van der Waals surface area contributed by atoms with Crippen LogP contribution in [0.4, 0.5) is 38.1 Å². The highest BCUT2D eigenvalue weighted by Crippen LogP contribution is 2.33. The summed E-state index contributed by atoms with van der Waals surface area (Å²) in [5.41, 5.74) is -1.27. The van der Waals surface area contributed by atoms with E-state index in [2.05, 4.69) is 5.32 Å². The first-order valence-electron chi connectivity index (χ1n) is 8.14. The lowest BCUT2D eigenvalue weighted by atomic mass is 10.2. The fourth-order valence-corrected chi connectivity index (χ4v) is 2.78. The van der Waals surface area contributed by atoms with Crippen LogP contribution in [0.3, 0.4) is 0 Å². The smallest absolute Gasteiger partial charge is 0.325 e. The molecule has 148 valence electrons. The topological polar surface area (TPSA) is 52.7 Å². The predicted octanol–water partition coefficient (Wildman–Crippen LogP) is 3.86. The number of nitrogens with zero attached hydrogens (tertiary/aromatic N) is 2. The van der Waals surface area contributed by atoms with Gasteiger partial charge in [-0.2, -0.15) is 13.2 Å². The third-order valence-corrected chi connectivity index (χ3v) is 4.12. The zero-order valence-corrected chi connectivity index (χ0v) is 14.3. The van der Waals surface area contributed by atoms with Crippen LogP contribution in [-0.2, 0) is 11.0 Å². The highest BCUT2D eigenvalue weighted by atomic mass is 19.4. The molecule has 0 atom stereocenters. The number of carbonyl (C=O) groups is 2. The Morgan fingerprint density at radius 1 is 1.04 bits per heavy atom. The number of alkyl halides is 3. The van der Waals surface area contributed by atoms with Crippen molar-refractivity contribution in [1.29, 1.82) is 0 Å². The number of anilines is 2. The van der Waals surface area contributed by atoms with Crippen LogP contribution >= 0.6 is 0 Å². The van der Waals surface area contributed by atoms with E-state index in [1.54, 1.807) is 0 Å². The number of hydrogen-bond donors (Lipinski definition) is 1. The van der Waals surface area contributed by atoms with Gasteiger partial charge in [0, 0.05) is 24.5 Å². The predicted molar refractivity (Wildman–Crippen MR) is 90.7 cm³/mol. The number of benzene rings is 2. The Bertz CT molecular complexity index is 899. The van der Waals surface area contributed by atoms with Crippen LogP contribution in [0.15, 0.2) is 42.5 Å². The van der Waals surface area contributed by atoms with Crippen LogP contribution < -0.4 is 10.2 Å². The second-order valence-corrected chi connectivity index (χ2v) is 6.07. The molecule has 1 aliphatic heterocycles. The number of hydrogen-bond acceptors (Lipinski definition) is 2. The monoisotopic (exact) mass is 399 g/mol. The van der Waals surface area contributed by atoms with Crippen molar-refractivity contribution in [3.05, 3.63) is 59.7 Å². The van der Waals surface area contributed by atoms with Gasteiger partial charge >= 0.3 is 12.2 Å². The fraction of sp³-hybridized carbons (Fsp3) is 0.222. The molecule has 0 unspecified atom stereocenters. The van der Waals surface area contributed by atoms with E-state index in [0.29, 0.717) is 17.8 Å². The molecule has 10 heteroatoms. The van der Waals surface area contributed by atoms with Gasteiger partial charge in [-0.15, -0.1) is 0 Å². The molecular formula is C18H14F5N3O2. The molecular weight excluding hydrogens is 385 g/mol. The third kappa shape index (κ3) is 4.21. The number of halogens is 5. The Labute approximate surface area is 156 Å². The molecule has 1 heterocycles. The Morgan fingerprint density at radius 3 is 2.36 bits per heavy atom. The van der Waals surface area contributed by atoms with E-state index in [1.165, 1.54) is 34.1 Å². The van der Waals surface area contributed by atoms with Crippen molar-refractivity contribution < 1.29 is 31.5 Å². The molecule has 1 saturated heterocycles. The Hall–Kier alpha value is -3.17. The van der Waals surface area contributed by atoms with Crippen LogP contribution in [0.1, 0.15) is 5.56 Å². The van der Waals surface area contributed by atoms with Gasteiger partial charge in [0.1, 0.15) is 18.2 Å². The van der Waals surface area contributed by atoms with Gasteiger partial charge in [-0.25, -0.2) is 13.6 Å². The third-order valence-electron chi connectivity index (χ3n) is 4.12. The lowest BCUT2D eigenvalue weighted by molar-refractivity contribution is -0.140. The highest BCUT2D eigenvalue weighted by molar-refractivity contribution is 5.99. The van der Waals surface area contributed by atoms with Crippen LogP contribution in [0, 0.1) is 11.6 Å². The number of rotatable bonds is 4. The van der Waals surface area contributed by atoms with Gasteiger partial charge in [0.25, 0.3) is 0 Å². The summed E-state index contributed by atoms with van der Waals surface area (Å²) in [4.78, 5) is 27.0. The van der Waals surface area contributed by atoms with E-state index in [-0.39, 0.29) is 18.8 Å². The number of urea groups is 1. The second kappa shape index (κ2) is 7.45. The van der Waals surface area contributed by atoms with Gasteiger partial charge in [0.15, 0.2) is 0 Å². The van der Waals surface area contributed by atoms with E-state index in [9.17, 15) is 31.5 Å². The summed E-state index contributed by atoms with van der Waals surface area (Å²) in [7, 11) is 0. The first-order chi connectivity index (χ1) is 13.1. The van der Waals surface area contributed by atoms with Crippen molar-refractivity contribution in [1.82, 2.24) is 4.90 Å². The molecule has 2 aromatic carbocycles. The first kappa shape index (κ1) is 19.6. The average Bonchev–Trinajstić information content (AvgIpc) is 2.97. The van der Waals surface area contributed by atoms with Crippen molar-refractivity contribution in [2.24, 2.45) is 0 Å². The Morgan fingerprint density at radius 2 is 1.71 bits per heavy atom. The minimum absolute atomic E-state index is 0.209. The molecule has 28 heavy (non-hydrogen) atoms. The quantitative estimate of drug-likeness (QED) is 0.794. The Balaban J connectivity index is 1.64. The normalized spacial score (nSPS) is 14.5. The molecule has 3 amide bonds. The average molecular weight is 399 g/mol. The van der Waals surface area contributed by atoms with Crippen molar-refractivity contribution in [3.63, 3.8) is 0 Å².